The summed E-state index contributed by atoms with van der Waals surface area (Å²) in [5.41, 5.74) is 1.82. The Hall–Kier alpha value is -3.08. The summed E-state index contributed by atoms with van der Waals surface area (Å²) in [6.45, 7) is 1.45. The first-order valence-electron chi connectivity index (χ1n) is 7.02. The summed E-state index contributed by atoms with van der Waals surface area (Å²) in [6, 6.07) is 10.8. The topological polar surface area (TPSA) is 71.5 Å². The highest BCUT2D eigenvalue weighted by Crippen LogP contribution is 2.24. The van der Waals surface area contributed by atoms with Crippen molar-refractivity contribution in [2.75, 3.05) is 7.05 Å². The average Bonchev–Trinajstić information content (AvgIpc) is 2.78. The second-order valence-corrected chi connectivity index (χ2v) is 5.39. The maximum absolute atomic E-state index is 12.5. The minimum atomic E-state index is -0.411. The molecule has 0 atom stereocenters. The Bertz CT molecular complexity index is 865. The van der Waals surface area contributed by atoms with Gasteiger partial charge in [-0.25, -0.2) is 0 Å². The molecular formula is C18H13NO4. The molecule has 0 saturated heterocycles. The van der Waals surface area contributed by atoms with Crippen LogP contribution in [0.4, 0.5) is 0 Å². The highest BCUT2D eigenvalue weighted by Gasteiger charge is 2.33. The van der Waals surface area contributed by atoms with Crippen molar-refractivity contribution in [3.05, 3.63) is 70.3 Å². The molecule has 0 N–H and O–H groups in total. The van der Waals surface area contributed by atoms with Gasteiger partial charge in [0.15, 0.2) is 11.6 Å². The number of amides is 2. The summed E-state index contributed by atoms with van der Waals surface area (Å²) >= 11 is 0. The van der Waals surface area contributed by atoms with E-state index in [4.69, 9.17) is 0 Å². The second-order valence-electron chi connectivity index (χ2n) is 5.39. The van der Waals surface area contributed by atoms with Crippen molar-refractivity contribution < 1.29 is 19.2 Å². The van der Waals surface area contributed by atoms with Crippen LogP contribution in [-0.2, 0) is 0 Å². The molecule has 0 saturated carbocycles. The standard InChI is InChI=1S/C18H13NO4/c1-10(20)11-3-5-12(6-4-11)16(21)13-7-8-14-15(9-13)18(23)19(2)17(14)22/h3-9H,1-2H3. The van der Waals surface area contributed by atoms with Gasteiger partial charge >= 0.3 is 0 Å². The minimum Gasteiger partial charge on any atom is -0.295 e. The Morgan fingerprint density at radius 3 is 1.91 bits per heavy atom. The number of carbonyl (C=O) groups excluding carboxylic acids is 4. The van der Waals surface area contributed by atoms with E-state index < -0.39 is 5.91 Å². The number of benzene rings is 2. The van der Waals surface area contributed by atoms with Gasteiger partial charge in [0.1, 0.15) is 0 Å². The van der Waals surface area contributed by atoms with E-state index in [0.717, 1.165) is 4.90 Å². The highest BCUT2D eigenvalue weighted by atomic mass is 16.2. The Kier molecular flexibility index (Phi) is 3.41. The molecule has 1 heterocycles. The molecule has 0 aromatic heterocycles. The Morgan fingerprint density at radius 2 is 1.30 bits per heavy atom. The van der Waals surface area contributed by atoms with Crippen LogP contribution in [0.2, 0.25) is 0 Å². The SMILES string of the molecule is CC(=O)c1ccc(C(=O)c2ccc3c(c2)C(=O)N(C)C3=O)cc1. The maximum atomic E-state index is 12.5. The maximum Gasteiger partial charge on any atom is 0.261 e. The van der Waals surface area contributed by atoms with E-state index >= 15 is 0 Å². The summed E-state index contributed by atoms with van der Waals surface area (Å²) in [5.74, 6) is -1.12. The van der Waals surface area contributed by atoms with Crippen LogP contribution in [-0.4, -0.2) is 35.3 Å². The molecule has 3 rings (SSSR count). The first-order chi connectivity index (χ1) is 10.9. The van der Waals surface area contributed by atoms with Crippen LogP contribution in [0.15, 0.2) is 42.5 Å². The highest BCUT2D eigenvalue weighted by molar-refractivity contribution is 6.22. The number of hydrogen-bond donors (Lipinski definition) is 0. The monoisotopic (exact) mass is 307 g/mol. The molecule has 0 spiro atoms. The lowest BCUT2D eigenvalue weighted by molar-refractivity contribution is 0.0692. The molecule has 2 amide bonds. The minimum absolute atomic E-state index is 0.0753. The Balaban J connectivity index is 1.97. The summed E-state index contributed by atoms with van der Waals surface area (Å²) < 4.78 is 0. The van der Waals surface area contributed by atoms with Crippen LogP contribution >= 0.6 is 0 Å². The Morgan fingerprint density at radius 1 is 0.783 bits per heavy atom. The van der Waals surface area contributed by atoms with Gasteiger partial charge in [-0.2, -0.15) is 0 Å². The number of ketones is 2. The van der Waals surface area contributed by atoms with Gasteiger partial charge in [-0.05, 0) is 19.1 Å². The van der Waals surface area contributed by atoms with E-state index in [1.807, 2.05) is 0 Å². The van der Waals surface area contributed by atoms with Gasteiger partial charge in [0.2, 0.25) is 0 Å². The lowest BCUT2D eigenvalue weighted by Gasteiger charge is -2.04. The smallest absolute Gasteiger partial charge is 0.261 e. The zero-order valence-electron chi connectivity index (χ0n) is 12.6. The van der Waals surface area contributed by atoms with Gasteiger partial charge in [-0.15, -0.1) is 0 Å². The number of fused-ring (bicyclic) bond motifs is 1. The fourth-order valence-corrected chi connectivity index (χ4v) is 2.53. The average molecular weight is 307 g/mol. The van der Waals surface area contributed by atoms with Crippen molar-refractivity contribution in [2.45, 2.75) is 6.92 Å². The molecule has 0 bridgehead atoms. The van der Waals surface area contributed by atoms with Gasteiger partial charge in [0.25, 0.3) is 11.8 Å². The molecule has 0 radical (unpaired) electrons. The van der Waals surface area contributed by atoms with Crippen molar-refractivity contribution in [1.82, 2.24) is 4.90 Å². The molecule has 1 aliphatic heterocycles. The summed E-state index contributed by atoms with van der Waals surface area (Å²) in [5, 5.41) is 0. The summed E-state index contributed by atoms with van der Waals surface area (Å²) in [7, 11) is 1.41. The van der Waals surface area contributed by atoms with Gasteiger partial charge in [0, 0.05) is 23.7 Å². The molecule has 0 fully saturated rings. The van der Waals surface area contributed by atoms with E-state index in [1.54, 1.807) is 24.3 Å². The third-order valence-corrected chi connectivity index (χ3v) is 3.91. The summed E-state index contributed by atoms with van der Waals surface area (Å²) in [6.07, 6.45) is 0. The molecule has 5 heteroatoms. The van der Waals surface area contributed by atoms with Crippen molar-refractivity contribution >= 4 is 23.4 Å². The number of carbonyl (C=O) groups is 4. The zero-order valence-corrected chi connectivity index (χ0v) is 12.6. The zero-order chi connectivity index (χ0) is 16.7. The van der Waals surface area contributed by atoms with E-state index in [-0.39, 0.29) is 23.0 Å². The number of rotatable bonds is 3. The van der Waals surface area contributed by atoms with Crippen LogP contribution in [0, 0.1) is 0 Å². The van der Waals surface area contributed by atoms with Crippen molar-refractivity contribution in [3.8, 4) is 0 Å². The van der Waals surface area contributed by atoms with Crippen molar-refractivity contribution in [3.63, 3.8) is 0 Å². The van der Waals surface area contributed by atoms with Crippen molar-refractivity contribution in [1.29, 1.82) is 0 Å². The molecule has 0 unspecified atom stereocenters. The fraction of sp³-hybridized carbons (Fsp3) is 0.111. The largest absolute Gasteiger partial charge is 0.295 e. The van der Waals surface area contributed by atoms with Gasteiger partial charge < -0.3 is 0 Å². The van der Waals surface area contributed by atoms with Crippen molar-refractivity contribution in [2.24, 2.45) is 0 Å². The lowest BCUT2D eigenvalue weighted by atomic mass is 9.98. The molecular weight excluding hydrogens is 294 g/mol. The predicted molar refractivity (Wildman–Crippen MR) is 82.7 cm³/mol. The van der Waals surface area contributed by atoms with Crippen LogP contribution in [0.3, 0.4) is 0 Å². The van der Waals surface area contributed by atoms with E-state index in [0.29, 0.717) is 22.3 Å². The van der Waals surface area contributed by atoms with E-state index in [2.05, 4.69) is 0 Å². The first-order valence-corrected chi connectivity index (χ1v) is 7.02. The molecule has 5 nitrogen and oxygen atoms in total. The second kappa shape index (κ2) is 5.28. The quantitative estimate of drug-likeness (QED) is 0.644. The van der Waals surface area contributed by atoms with Gasteiger partial charge in [-0.1, -0.05) is 30.3 Å². The normalized spacial score (nSPS) is 13.2. The third-order valence-electron chi connectivity index (χ3n) is 3.91. The molecule has 1 aliphatic rings. The lowest BCUT2D eigenvalue weighted by Crippen LogP contribution is -2.24. The van der Waals surface area contributed by atoms with Crippen LogP contribution in [0.5, 0.6) is 0 Å². The number of imide groups is 1. The molecule has 2 aromatic rings. The van der Waals surface area contributed by atoms with Crippen LogP contribution < -0.4 is 0 Å². The third kappa shape index (κ3) is 2.36. The summed E-state index contributed by atoms with van der Waals surface area (Å²) in [4.78, 5) is 48.6. The van der Waals surface area contributed by atoms with E-state index in [1.165, 1.54) is 32.2 Å². The molecule has 23 heavy (non-hydrogen) atoms. The van der Waals surface area contributed by atoms with E-state index in [9.17, 15) is 19.2 Å². The number of Topliss-reactive ketones (excluding diaryl/α,β-unsaturated/α-hetero) is 1. The molecule has 0 aliphatic carbocycles. The molecule has 2 aromatic carbocycles. The van der Waals surface area contributed by atoms with Crippen LogP contribution in [0.1, 0.15) is 53.9 Å². The number of nitrogens with zero attached hydrogens (tertiary/aromatic N) is 1. The van der Waals surface area contributed by atoms with Gasteiger partial charge in [-0.3, -0.25) is 24.1 Å². The first kappa shape index (κ1) is 14.8. The molecule has 114 valence electrons. The number of hydrogen-bond acceptors (Lipinski definition) is 4. The van der Waals surface area contributed by atoms with Gasteiger partial charge in [0.05, 0.1) is 11.1 Å². The fourth-order valence-electron chi connectivity index (χ4n) is 2.53. The Labute approximate surface area is 132 Å². The van der Waals surface area contributed by atoms with Crippen LogP contribution in [0.25, 0.3) is 0 Å². The predicted octanol–water partition coefficient (Wildman–Crippen LogP) is 2.35.